The summed E-state index contributed by atoms with van der Waals surface area (Å²) in [7, 11) is 1.85. The molecule has 84 valence electrons. The van der Waals surface area contributed by atoms with Gasteiger partial charge in [0.05, 0.1) is 13.2 Å². The Labute approximate surface area is 91.2 Å². The van der Waals surface area contributed by atoms with Crippen molar-refractivity contribution in [1.29, 1.82) is 0 Å². The van der Waals surface area contributed by atoms with E-state index in [0.29, 0.717) is 13.2 Å². The fourth-order valence-corrected chi connectivity index (χ4v) is 1.90. The van der Waals surface area contributed by atoms with E-state index in [9.17, 15) is 4.79 Å². The van der Waals surface area contributed by atoms with E-state index < -0.39 is 0 Å². The molecule has 1 aliphatic heterocycles. The average molecular weight is 209 g/mol. The summed E-state index contributed by atoms with van der Waals surface area (Å²) in [5, 5.41) is 3.12. The van der Waals surface area contributed by atoms with Crippen molar-refractivity contribution in [2.24, 2.45) is 5.92 Å². The molecule has 0 bridgehead atoms. The summed E-state index contributed by atoms with van der Waals surface area (Å²) in [4.78, 5) is 11.6. The summed E-state index contributed by atoms with van der Waals surface area (Å²) in [5.41, 5.74) is 2.89. The van der Waals surface area contributed by atoms with Gasteiger partial charge in [-0.05, 0) is 18.4 Å². The van der Waals surface area contributed by atoms with Crippen molar-refractivity contribution in [3.63, 3.8) is 0 Å². The van der Waals surface area contributed by atoms with Crippen molar-refractivity contribution in [3.8, 4) is 0 Å². The fourth-order valence-electron chi connectivity index (χ4n) is 1.90. The molecule has 0 saturated carbocycles. The van der Waals surface area contributed by atoms with Gasteiger partial charge in [0, 0.05) is 18.3 Å². The lowest BCUT2D eigenvalue weighted by atomic mass is 9.94. The van der Waals surface area contributed by atoms with Gasteiger partial charge in [-0.1, -0.05) is 19.9 Å². The normalized spacial score (nSPS) is 17.5. The molecule has 0 fully saturated rings. The Morgan fingerprint density at radius 2 is 2.20 bits per heavy atom. The molecule has 0 radical (unpaired) electrons. The van der Waals surface area contributed by atoms with Crippen LogP contribution in [0.15, 0.2) is 22.9 Å². The molecule has 0 atom stereocenters. The number of hydrogen-bond donors (Lipinski definition) is 1. The van der Waals surface area contributed by atoms with Crippen LogP contribution in [0, 0.1) is 5.92 Å². The molecule has 1 aliphatic rings. The molecule has 0 aliphatic carbocycles. The van der Waals surface area contributed by atoms with Gasteiger partial charge in [-0.15, -0.1) is 0 Å². The van der Waals surface area contributed by atoms with E-state index in [0.717, 1.165) is 16.8 Å². The highest BCUT2D eigenvalue weighted by molar-refractivity contribution is 5.95. The van der Waals surface area contributed by atoms with E-state index in [1.54, 1.807) is 6.92 Å². The molecule has 1 heterocycles. The molecule has 0 unspecified atom stereocenters. The second-order valence-corrected chi connectivity index (χ2v) is 3.99. The molecular weight excluding hydrogens is 190 g/mol. The number of ether oxygens (including phenoxy) is 1. The monoisotopic (exact) mass is 209 g/mol. The maximum Gasteiger partial charge on any atom is 0.158 e. The van der Waals surface area contributed by atoms with E-state index >= 15 is 0 Å². The fraction of sp³-hybridized carbons (Fsp3) is 0.583. The quantitative estimate of drug-likeness (QED) is 0.716. The Kier molecular flexibility index (Phi) is 4.09. The first kappa shape index (κ1) is 12.0. The molecule has 1 rings (SSSR count). The summed E-state index contributed by atoms with van der Waals surface area (Å²) in [6.07, 6.45) is 2.02. The molecule has 1 N–H and O–H groups in total. The minimum atomic E-state index is 0.127. The summed E-state index contributed by atoms with van der Waals surface area (Å²) in [6.45, 7) is 6.92. The molecule has 15 heavy (non-hydrogen) atoms. The van der Waals surface area contributed by atoms with Gasteiger partial charge in [0.15, 0.2) is 5.78 Å². The van der Waals surface area contributed by atoms with Crippen molar-refractivity contribution in [1.82, 2.24) is 5.32 Å². The second-order valence-electron chi connectivity index (χ2n) is 3.99. The molecule has 3 heteroatoms. The SMILES string of the molecule is CN/C(C1=CCOC1)=C(\C(C)=O)C(C)C. The first-order valence-corrected chi connectivity index (χ1v) is 5.28. The number of carbonyl (C=O) groups is 1. The smallest absolute Gasteiger partial charge is 0.158 e. The molecular formula is C12H19NO2. The van der Waals surface area contributed by atoms with Crippen molar-refractivity contribution in [2.75, 3.05) is 20.3 Å². The minimum Gasteiger partial charge on any atom is -0.388 e. The van der Waals surface area contributed by atoms with Crippen LogP contribution in [0.2, 0.25) is 0 Å². The average Bonchev–Trinajstić information content (AvgIpc) is 2.64. The topological polar surface area (TPSA) is 38.3 Å². The molecule has 3 nitrogen and oxygen atoms in total. The second kappa shape index (κ2) is 5.12. The van der Waals surface area contributed by atoms with Crippen LogP contribution in [0.1, 0.15) is 20.8 Å². The molecule has 0 aromatic heterocycles. The van der Waals surface area contributed by atoms with Crippen LogP contribution in [0.25, 0.3) is 0 Å². The van der Waals surface area contributed by atoms with Crippen LogP contribution >= 0.6 is 0 Å². The lowest BCUT2D eigenvalue weighted by Gasteiger charge is -2.16. The van der Waals surface area contributed by atoms with Gasteiger partial charge in [0.25, 0.3) is 0 Å². The predicted octanol–water partition coefficient (Wildman–Crippen LogP) is 1.66. The Morgan fingerprint density at radius 3 is 2.53 bits per heavy atom. The van der Waals surface area contributed by atoms with Crippen LogP contribution in [-0.2, 0) is 9.53 Å². The highest BCUT2D eigenvalue weighted by Gasteiger charge is 2.19. The minimum absolute atomic E-state index is 0.127. The lowest BCUT2D eigenvalue weighted by Crippen LogP contribution is -2.19. The lowest BCUT2D eigenvalue weighted by molar-refractivity contribution is -0.114. The number of ketones is 1. The van der Waals surface area contributed by atoms with Crippen molar-refractivity contribution < 1.29 is 9.53 Å². The van der Waals surface area contributed by atoms with E-state index in [-0.39, 0.29) is 11.7 Å². The number of rotatable bonds is 4. The van der Waals surface area contributed by atoms with Gasteiger partial charge in [-0.25, -0.2) is 0 Å². The van der Waals surface area contributed by atoms with Crippen molar-refractivity contribution in [3.05, 3.63) is 22.9 Å². The number of carbonyl (C=O) groups excluding carboxylic acids is 1. The third-order valence-electron chi connectivity index (χ3n) is 2.50. The zero-order valence-corrected chi connectivity index (χ0v) is 9.89. The van der Waals surface area contributed by atoms with Crippen LogP contribution < -0.4 is 5.32 Å². The Hall–Kier alpha value is -1.09. The molecule has 0 amide bonds. The number of nitrogens with one attached hydrogen (secondary N) is 1. The Balaban J connectivity index is 3.12. The Morgan fingerprint density at radius 1 is 1.53 bits per heavy atom. The number of likely N-dealkylation sites (N-methyl/N-ethyl adjacent to an activating group) is 1. The zero-order valence-electron chi connectivity index (χ0n) is 9.89. The predicted molar refractivity (Wildman–Crippen MR) is 60.5 cm³/mol. The first-order valence-electron chi connectivity index (χ1n) is 5.28. The third-order valence-corrected chi connectivity index (χ3v) is 2.50. The van der Waals surface area contributed by atoms with Crippen molar-refractivity contribution in [2.45, 2.75) is 20.8 Å². The first-order chi connectivity index (χ1) is 7.07. The van der Waals surface area contributed by atoms with E-state index in [1.165, 1.54) is 0 Å². The van der Waals surface area contributed by atoms with Gasteiger partial charge in [-0.3, -0.25) is 4.79 Å². The molecule has 0 saturated heterocycles. The highest BCUT2D eigenvalue weighted by Crippen LogP contribution is 2.22. The van der Waals surface area contributed by atoms with Crippen LogP contribution in [-0.4, -0.2) is 26.0 Å². The maximum absolute atomic E-state index is 11.6. The number of allylic oxidation sites excluding steroid dienone is 1. The van der Waals surface area contributed by atoms with Crippen LogP contribution in [0.3, 0.4) is 0 Å². The summed E-state index contributed by atoms with van der Waals surface area (Å²) < 4.78 is 5.27. The molecule has 0 aromatic carbocycles. The van der Waals surface area contributed by atoms with Crippen LogP contribution in [0.5, 0.6) is 0 Å². The van der Waals surface area contributed by atoms with E-state index in [2.05, 4.69) is 5.32 Å². The Bertz CT molecular complexity index is 314. The van der Waals surface area contributed by atoms with Gasteiger partial charge in [0.1, 0.15) is 0 Å². The summed E-state index contributed by atoms with van der Waals surface area (Å²) in [6, 6.07) is 0. The van der Waals surface area contributed by atoms with Gasteiger partial charge in [-0.2, -0.15) is 0 Å². The summed E-state index contributed by atoms with van der Waals surface area (Å²) >= 11 is 0. The van der Waals surface area contributed by atoms with Gasteiger partial charge >= 0.3 is 0 Å². The number of Topliss-reactive ketones (excluding diaryl/α,β-unsaturated/α-hetero) is 1. The third kappa shape index (κ3) is 2.69. The standard InChI is InChI=1S/C12H19NO2/c1-8(2)11(9(3)14)12(13-4)10-5-6-15-7-10/h5,8,13H,6-7H2,1-4H3/b12-11-. The van der Waals surface area contributed by atoms with Gasteiger partial charge < -0.3 is 10.1 Å². The molecule has 0 spiro atoms. The largest absolute Gasteiger partial charge is 0.388 e. The number of hydrogen-bond acceptors (Lipinski definition) is 3. The van der Waals surface area contributed by atoms with E-state index in [1.807, 2.05) is 27.0 Å². The zero-order chi connectivity index (χ0) is 11.4. The van der Waals surface area contributed by atoms with Gasteiger partial charge in [0.2, 0.25) is 0 Å². The summed E-state index contributed by atoms with van der Waals surface area (Å²) in [5.74, 6) is 0.355. The molecule has 0 aromatic rings. The maximum atomic E-state index is 11.6. The highest BCUT2D eigenvalue weighted by atomic mass is 16.5. The van der Waals surface area contributed by atoms with E-state index in [4.69, 9.17) is 4.74 Å². The van der Waals surface area contributed by atoms with Crippen LogP contribution in [0.4, 0.5) is 0 Å². The van der Waals surface area contributed by atoms with Crippen molar-refractivity contribution >= 4 is 5.78 Å².